The molecule has 1 saturated heterocycles. The predicted octanol–water partition coefficient (Wildman–Crippen LogP) is 1.31. The third-order valence-corrected chi connectivity index (χ3v) is 5.63. The lowest BCUT2D eigenvalue weighted by Gasteiger charge is -2.14. The van der Waals surface area contributed by atoms with E-state index in [9.17, 15) is 13.2 Å². The maximum atomic E-state index is 12.1. The highest BCUT2D eigenvalue weighted by Crippen LogP contribution is 2.21. The number of carbonyl (C=O) groups excluding carboxylic acids is 1. The third kappa shape index (κ3) is 4.46. The van der Waals surface area contributed by atoms with Crippen molar-refractivity contribution < 1.29 is 13.2 Å². The molecule has 1 fully saturated rings. The zero-order chi connectivity index (χ0) is 15.5. The van der Waals surface area contributed by atoms with Crippen LogP contribution in [0.1, 0.15) is 23.2 Å². The second kappa shape index (κ2) is 6.47. The standard InChI is InChI=1S/C15H22N2O3S/c1-17(2)14-5-3-4-13(10-14)15(18)16-8-6-12-7-9-21(19,20)11-12/h3-5,10,12H,6-9,11H2,1-2H3,(H,16,18). The van der Waals surface area contributed by atoms with Gasteiger partial charge in [-0.25, -0.2) is 8.42 Å². The van der Waals surface area contributed by atoms with Gasteiger partial charge in [0.2, 0.25) is 0 Å². The van der Waals surface area contributed by atoms with Gasteiger partial charge in [-0.15, -0.1) is 0 Å². The van der Waals surface area contributed by atoms with Gasteiger partial charge in [-0.1, -0.05) is 6.07 Å². The number of hydrogen-bond acceptors (Lipinski definition) is 4. The molecule has 5 nitrogen and oxygen atoms in total. The van der Waals surface area contributed by atoms with Crippen LogP contribution < -0.4 is 10.2 Å². The van der Waals surface area contributed by atoms with Crippen LogP contribution in [0.3, 0.4) is 0 Å². The van der Waals surface area contributed by atoms with Crippen molar-refractivity contribution in [1.29, 1.82) is 0 Å². The van der Waals surface area contributed by atoms with Crippen LogP contribution in [-0.2, 0) is 9.84 Å². The predicted molar refractivity (Wildman–Crippen MR) is 84.5 cm³/mol. The van der Waals surface area contributed by atoms with Crippen LogP contribution in [0.25, 0.3) is 0 Å². The Morgan fingerprint density at radius 1 is 1.38 bits per heavy atom. The van der Waals surface area contributed by atoms with Crippen LogP contribution >= 0.6 is 0 Å². The van der Waals surface area contributed by atoms with Gasteiger partial charge in [0.15, 0.2) is 9.84 Å². The first-order valence-electron chi connectivity index (χ1n) is 7.13. The van der Waals surface area contributed by atoms with Crippen molar-refractivity contribution in [3.63, 3.8) is 0 Å². The Morgan fingerprint density at radius 3 is 2.76 bits per heavy atom. The van der Waals surface area contributed by atoms with Gasteiger partial charge in [-0.3, -0.25) is 4.79 Å². The van der Waals surface area contributed by atoms with Crippen molar-refractivity contribution in [2.24, 2.45) is 5.92 Å². The van der Waals surface area contributed by atoms with Gasteiger partial charge in [-0.2, -0.15) is 0 Å². The van der Waals surface area contributed by atoms with Gasteiger partial charge >= 0.3 is 0 Å². The summed E-state index contributed by atoms with van der Waals surface area (Å²) in [5, 5.41) is 2.87. The van der Waals surface area contributed by atoms with Gasteiger partial charge < -0.3 is 10.2 Å². The van der Waals surface area contributed by atoms with E-state index in [1.54, 1.807) is 6.07 Å². The smallest absolute Gasteiger partial charge is 0.251 e. The van der Waals surface area contributed by atoms with E-state index in [4.69, 9.17) is 0 Å². The largest absolute Gasteiger partial charge is 0.378 e. The lowest BCUT2D eigenvalue weighted by atomic mass is 10.1. The normalized spacial score (nSPS) is 20.2. The fourth-order valence-corrected chi connectivity index (χ4v) is 4.43. The molecule has 0 aromatic heterocycles. The van der Waals surface area contributed by atoms with E-state index in [2.05, 4.69) is 5.32 Å². The summed E-state index contributed by atoms with van der Waals surface area (Å²) < 4.78 is 22.7. The number of sulfone groups is 1. The SMILES string of the molecule is CN(C)c1cccc(C(=O)NCCC2CCS(=O)(=O)C2)c1. The Hall–Kier alpha value is -1.56. The number of benzene rings is 1. The average molecular weight is 310 g/mol. The number of carbonyl (C=O) groups is 1. The molecule has 2 rings (SSSR count). The fraction of sp³-hybridized carbons (Fsp3) is 0.533. The number of nitrogens with zero attached hydrogens (tertiary/aromatic N) is 1. The molecule has 1 N–H and O–H groups in total. The Balaban J connectivity index is 1.84. The van der Waals surface area contributed by atoms with E-state index in [0.717, 1.165) is 12.1 Å². The summed E-state index contributed by atoms with van der Waals surface area (Å²) in [5.41, 5.74) is 1.60. The maximum Gasteiger partial charge on any atom is 0.251 e. The molecule has 1 amide bonds. The molecule has 0 aliphatic carbocycles. The summed E-state index contributed by atoms with van der Waals surface area (Å²) in [6.07, 6.45) is 1.44. The van der Waals surface area contributed by atoms with Crippen molar-refractivity contribution in [3.05, 3.63) is 29.8 Å². The van der Waals surface area contributed by atoms with Crippen molar-refractivity contribution in [3.8, 4) is 0 Å². The van der Waals surface area contributed by atoms with E-state index < -0.39 is 9.84 Å². The summed E-state index contributed by atoms with van der Waals surface area (Å²) in [6.45, 7) is 0.519. The van der Waals surface area contributed by atoms with E-state index >= 15 is 0 Å². The first-order valence-corrected chi connectivity index (χ1v) is 8.95. The summed E-state index contributed by atoms with van der Waals surface area (Å²) in [6, 6.07) is 7.42. The molecule has 1 unspecified atom stereocenters. The molecular weight excluding hydrogens is 288 g/mol. The zero-order valence-corrected chi connectivity index (χ0v) is 13.3. The van der Waals surface area contributed by atoms with Gasteiger partial charge in [0.1, 0.15) is 0 Å². The second-order valence-electron chi connectivity index (χ2n) is 5.76. The molecular formula is C15H22N2O3S. The topological polar surface area (TPSA) is 66.5 Å². The highest BCUT2D eigenvalue weighted by atomic mass is 32.2. The van der Waals surface area contributed by atoms with Gasteiger partial charge in [-0.05, 0) is 37.0 Å². The molecule has 0 saturated carbocycles. The second-order valence-corrected chi connectivity index (χ2v) is 7.99. The van der Waals surface area contributed by atoms with Crippen LogP contribution in [0.5, 0.6) is 0 Å². The fourth-order valence-electron chi connectivity index (χ4n) is 2.52. The van der Waals surface area contributed by atoms with Crippen molar-refractivity contribution in [2.75, 3.05) is 37.0 Å². The van der Waals surface area contributed by atoms with Crippen LogP contribution in [0.2, 0.25) is 0 Å². The van der Waals surface area contributed by atoms with Gasteiger partial charge in [0.25, 0.3) is 5.91 Å². The first kappa shape index (κ1) is 15.8. The maximum absolute atomic E-state index is 12.1. The molecule has 21 heavy (non-hydrogen) atoms. The van der Waals surface area contributed by atoms with Gasteiger partial charge in [0, 0.05) is 31.9 Å². The number of rotatable bonds is 5. The number of nitrogens with one attached hydrogen (secondary N) is 1. The summed E-state index contributed by atoms with van der Waals surface area (Å²) >= 11 is 0. The molecule has 1 aromatic carbocycles. The van der Waals surface area contributed by atoms with E-state index in [1.165, 1.54) is 0 Å². The Bertz CT molecular complexity index is 611. The van der Waals surface area contributed by atoms with Crippen LogP contribution in [-0.4, -0.2) is 46.5 Å². The lowest BCUT2D eigenvalue weighted by Crippen LogP contribution is -2.26. The first-order chi connectivity index (χ1) is 9.87. The van der Waals surface area contributed by atoms with E-state index in [0.29, 0.717) is 18.5 Å². The molecule has 116 valence electrons. The molecule has 1 aromatic rings. The van der Waals surface area contributed by atoms with Crippen molar-refractivity contribution in [2.45, 2.75) is 12.8 Å². The average Bonchev–Trinajstić information content (AvgIpc) is 2.78. The molecule has 1 atom stereocenters. The summed E-state index contributed by atoms with van der Waals surface area (Å²) in [7, 11) is 1.02. The zero-order valence-electron chi connectivity index (χ0n) is 12.5. The van der Waals surface area contributed by atoms with E-state index in [1.807, 2.05) is 37.2 Å². The quantitative estimate of drug-likeness (QED) is 0.890. The Morgan fingerprint density at radius 2 is 2.14 bits per heavy atom. The number of anilines is 1. The molecule has 1 aliphatic heterocycles. The highest BCUT2D eigenvalue weighted by Gasteiger charge is 2.27. The highest BCUT2D eigenvalue weighted by molar-refractivity contribution is 7.91. The van der Waals surface area contributed by atoms with Crippen molar-refractivity contribution >= 4 is 21.4 Å². The van der Waals surface area contributed by atoms with E-state index in [-0.39, 0.29) is 23.3 Å². The minimum Gasteiger partial charge on any atom is -0.378 e. The molecule has 0 radical (unpaired) electrons. The third-order valence-electron chi connectivity index (χ3n) is 3.79. The number of hydrogen-bond donors (Lipinski definition) is 1. The Kier molecular flexibility index (Phi) is 4.88. The minimum atomic E-state index is -2.83. The van der Waals surface area contributed by atoms with Gasteiger partial charge in [0.05, 0.1) is 11.5 Å². The van der Waals surface area contributed by atoms with Crippen LogP contribution in [0.15, 0.2) is 24.3 Å². The monoisotopic (exact) mass is 310 g/mol. The molecule has 6 heteroatoms. The molecule has 0 spiro atoms. The van der Waals surface area contributed by atoms with Crippen LogP contribution in [0.4, 0.5) is 5.69 Å². The van der Waals surface area contributed by atoms with Crippen LogP contribution in [0, 0.1) is 5.92 Å². The molecule has 1 aliphatic rings. The Labute approximate surface area is 126 Å². The number of amides is 1. The molecule has 1 heterocycles. The summed E-state index contributed by atoms with van der Waals surface area (Å²) in [5.74, 6) is 0.623. The minimum absolute atomic E-state index is 0.112. The lowest BCUT2D eigenvalue weighted by molar-refractivity contribution is 0.0952. The molecule has 0 bridgehead atoms. The summed E-state index contributed by atoms with van der Waals surface area (Å²) in [4.78, 5) is 14.0. The van der Waals surface area contributed by atoms with Crippen molar-refractivity contribution in [1.82, 2.24) is 5.32 Å².